The third kappa shape index (κ3) is 5.61. The normalized spacial score (nSPS) is 15.8. The molecule has 7 nitrogen and oxygen atoms in total. The maximum atomic E-state index is 13.2. The summed E-state index contributed by atoms with van der Waals surface area (Å²) in [5, 5.41) is 0. The van der Waals surface area contributed by atoms with Gasteiger partial charge in [-0.15, -0.1) is 0 Å². The van der Waals surface area contributed by atoms with Crippen molar-refractivity contribution in [3.8, 4) is 5.75 Å². The molecule has 1 aliphatic rings. The lowest BCUT2D eigenvalue weighted by Crippen LogP contribution is -2.44. The monoisotopic (exact) mass is 459 g/mol. The number of carbonyl (C=O) groups is 1. The molecule has 0 bridgehead atoms. The van der Waals surface area contributed by atoms with Crippen molar-refractivity contribution in [2.24, 2.45) is 0 Å². The van der Waals surface area contributed by atoms with Gasteiger partial charge in [-0.25, -0.2) is 8.42 Å². The Morgan fingerprint density at radius 3 is 2.31 bits per heavy atom. The third-order valence-corrected chi connectivity index (χ3v) is 7.14. The molecule has 1 amide bonds. The molecule has 1 N–H and O–H groups in total. The van der Waals surface area contributed by atoms with E-state index in [1.165, 1.54) is 19.2 Å². The summed E-state index contributed by atoms with van der Waals surface area (Å²) < 4.78 is 34.1. The molecule has 0 spiro atoms. The molecule has 1 heterocycles. The number of hydrogen-bond acceptors (Lipinski definition) is 5. The van der Waals surface area contributed by atoms with Gasteiger partial charge >= 0.3 is 0 Å². The van der Waals surface area contributed by atoms with Gasteiger partial charge in [-0.3, -0.25) is 14.4 Å². The lowest BCUT2D eigenvalue weighted by molar-refractivity contribution is 0.0749. The highest BCUT2D eigenvalue weighted by molar-refractivity contribution is 7.92. The average molecular weight is 460 g/mol. The minimum absolute atomic E-state index is 0.0437. The number of sulfonamides is 1. The maximum Gasteiger partial charge on any atom is 0.265 e. The fourth-order valence-corrected chi connectivity index (χ4v) is 5.08. The number of nitrogens with zero attached hydrogens (tertiary/aromatic N) is 2. The molecule has 32 heavy (non-hydrogen) atoms. The molecule has 0 aromatic heterocycles. The summed E-state index contributed by atoms with van der Waals surface area (Å²) in [5.41, 5.74) is 1.85. The van der Waals surface area contributed by atoms with Crippen LogP contribution in [0.15, 0.2) is 47.4 Å². The van der Waals surface area contributed by atoms with Crippen LogP contribution in [0.4, 0.5) is 5.69 Å². The molecule has 3 rings (SSSR count). The Morgan fingerprint density at radius 1 is 1.00 bits per heavy atom. The van der Waals surface area contributed by atoms with E-state index in [4.69, 9.17) is 4.74 Å². The Balaban J connectivity index is 1.85. The Morgan fingerprint density at radius 2 is 1.69 bits per heavy atom. The summed E-state index contributed by atoms with van der Waals surface area (Å²) in [6.45, 7) is 11.4. The van der Waals surface area contributed by atoms with Crippen LogP contribution in [-0.2, 0) is 10.0 Å². The molecule has 0 radical (unpaired) electrons. The van der Waals surface area contributed by atoms with Gasteiger partial charge in [0.1, 0.15) is 10.6 Å². The van der Waals surface area contributed by atoms with Crippen molar-refractivity contribution in [1.82, 2.24) is 9.80 Å². The van der Waals surface area contributed by atoms with Crippen LogP contribution in [-0.4, -0.2) is 63.0 Å². The number of methoxy groups -OCH3 is 1. The highest BCUT2D eigenvalue weighted by Gasteiger charge is 2.28. The first-order chi connectivity index (χ1) is 15.0. The number of benzene rings is 2. The molecule has 0 atom stereocenters. The van der Waals surface area contributed by atoms with Crippen LogP contribution in [0.2, 0.25) is 0 Å². The molecule has 8 heteroatoms. The van der Waals surface area contributed by atoms with E-state index in [1.807, 2.05) is 19.1 Å². The van der Waals surface area contributed by atoms with Crippen molar-refractivity contribution in [1.29, 1.82) is 0 Å². The van der Waals surface area contributed by atoms with Crippen molar-refractivity contribution in [3.05, 3.63) is 53.6 Å². The average Bonchev–Trinajstić information content (AvgIpc) is 3.01. The van der Waals surface area contributed by atoms with E-state index in [0.29, 0.717) is 24.3 Å². The smallest absolute Gasteiger partial charge is 0.265 e. The van der Waals surface area contributed by atoms with E-state index in [9.17, 15) is 13.2 Å². The van der Waals surface area contributed by atoms with Crippen molar-refractivity contribution < 1.29 is 17.9 Å². The predicted molar refractivity (Wildman–Crippen MR) is 127 cm³/mol. The quantitative estimate of drug-likeness (QED) is 0.737. The topological polar surface area (TPSA) is 79.0 Å². The van der Waals surface area contributed by atoms with Gasteiger partial charge in [-0.05, 0) is 64.4 Å². The Labute approximate surface area is 191 Å². The zero-order chi connectivity index (χ0) is 23.5. The molecule has 1 aliphatic heterocycles. The molecule has 0 aliphatic carbocycles. The molecule has 174 valence electrons. The van der Waals surface area contributed by atoms with Crippen molar-refractivity contribution in [2.45, 2.75) is 44.6 Å². The first-order valence-electron chi connectivity index (χ1n) is 10.8. The third-order valence-electron chi connectivity index (χ3n) is 5.74. The van der Waals surface area contributed by atoms with Gasteiger partial charge in [-0.1, -0.05) is 17.7 Å². The van der Waals surface area contributed by atoms with Gasteiger partial charge < -0.3 is 9.64 Å². The SMILES string of the molecule is COc1ccc(C(=O)N2CCCN(C(C)(C)C)CC2)cc1S(=O)(=O)Nc1ccc(C)cc1. The van der Waals surface area contributed by atoms with E-state index < -0.39 is 10.0 Å². The zero-order valence-electron chi connectivity index (χ0n) is 19.5. The second-order valence-electron chi connectivity index (χ2n) is 9.14. The predicted octanol–water partition coefficient (Wildman–Crippen LogP) is 3.75. The van der Waals surface area contributed by atoms with Crippen LogP contribution in [0.25, 0.3) is 0 Å². The number of amides is 1. The van der Waals surface area contributed by atoms with Crippen molar-refractivity contribution >= 4 is 21.6 Å². The second-order valence-corrected chi connectivity index (χ2v) is 10.8. The number of nitrogens with one attached hydrogen (secondary N) is 1. The number of anilines is 1. The zero-order valence-corrected chi connectivity index (χ0v) is 20.3. The summed E-state index contributed by atoms with van der Waals surface area (Å²) in [6.07, 6.45) is 0.874. The van der Waals surface area contributed by atoms with Crippen LogP contribution < -0.4 is 9.46 Å². The number of ether oxygens (including phenoxy) is 1. The van der Waals surface area contributed by atoms with Crippen molar-refractivity contribution in [2.75, 3.05) is 38.0 Å². The standard InChI is InChI=1S/C24H33N3O4S/c1-18-7-10-20(11-8-18)25-32(29,30)22-17-19(9-12-21(22)31-5)23(28)26-13-6-14-27(16-15-26)24(2,3)4/h7-12,17,25H,6,13-16H2,1-5H3. The number of aryl methyl sites for hydroxylation is 1. The van der Waals surface area contributed by atoms with E-state index >= 15 is 0 Å². The molecule has 1 fully saturated rings. The van der Waals surface area contributed by atoms with Gasteiger partial charge in [0.2, 0.25) is 0 Å². The first-order valence-corrected chi connectivity index (χ1v) is 12.3. The van der Waals surface area contributed by atoms with Crippen LogP contribution in [0.5, 0.6) is 5.75 Å². The lowest BCUT2D eigenvalue weighted by Gasteiger charge is -2.34. The molecular weight excluding hydrogens is 426 g/mol. The van der Waals surface area contributed by atoms with E-state index in [-0.39, 0.29) is 22.1 Å². The highest BCUT2D eigenvalue weighted by Crippen LogP contribution is 2.28. The van der Waals surface area contributed by atoms with Gasteiger partial charge in [0.15, 0.2) is 0 Å². The number of carbonyl (C=O) groups excluding carboxylic acids is 1. The molecule has 2 aromatic rings. The summed E-state index contributed by atoms with van der Waals surface area (Å²) >= 11 is 0. The van der Waals surface area contributed by atoms with E-state index in [0.717, 1.165) is 25.1 Å². The van der Waals surface area contributed by atoms with Crippen molar-refractivity contribution in [3.63, 3.8) is 0 Å². The summed E-state index contributed by atoms with van der Waals surface area (Å²) in [7, 11) is -2.53. The number of hydrogen-bond donors (Lipinski definition) is 1. The van der Waals surface area contributed by atoms with Gasteiger partial charge in [0, 0.05) is 43.0 Å². The molecule has 0 saturated carbocycles. The van der Waals surface area contributed by atoms with Gasteiger partial charge in [0.25, 0.3) is 15.9 Å². The molecule has 0 unspecified atom stereocenters. The van der Waals surface area contributed by atoms with E-state index in [1.54, 1.807) is 23.1 Å². The molecule has 1 saturated heterocycles. The largest absolute Gasteiger partial charge is 0.495 e. The molecular formula is C24H33N3O4S. The highest BCUT2D eigenvalue weighted by atomic mass is 32.2. The Bertz CT molecular complexity index is 1060. The van der Waals surface area contributed by atoms with E-state index in [2.05, 4.69) is 30.4 Å². The summed E-state index contributed by atoms with van der Waals surface area (Å²) in [4.78, 5) is 17.4. The first kappa shape index (κ1) is 24.1. The van der Waals surface area contributed by atoms with Crippen LogP contribution in [0.1, 0.15) is 43.1 Å². The van der Waals surface area contributed by atoms with Crippen LogP contribution >= 0.6 is 0 Å². The number of rotatable bonds is 5. The van der Waals surface area contributed by atoms with Gasteiger partial charge in [0.05, 0.1) is 7.11 Å². The van der Waals surface area contributed by atoms with Gasteiger partial charge in [-0.2, -0.15) is 0 Å². The summed E-state index contributed by atoms with van der Waals surface area (Å²) in [6, 6.07) is 11.6. The van der Waals surface area contributed by atoms with Crippen LogP contribution in [0, 0.1) is 6.92 Å². The Kier molecular flexibility index (Phi) is 7.15. The molecule has 2 aromatic carbocycles. The van der Waals surface area contributed by atoms with Crippen LogP contribution in [0.3, 0.4) is 0 Å². The maximum absolute atomic E-state index is 13.2. The fourth-order valence-electron chi connectivity index (χ4n) is 3.83. The second kappa shape index (κ2) is 9.50. The fraction of sp³-hybridized carbons (Fsp3) is 0.458. The minimum Gasteiger partial charge on any atom is -0.495 e. The minimum atomic E-state index is -3.94. The summed E-state index contributed by atoms with van der Waals surface area (Å²) in [5.74, 6) is 0.0196. The Hall–Kier alpha value is -2.58. The lowest BCUT2D eigenvalue weighted by atomic mass is 10.1.